The fourth-order valence-electron chi connectivity index (χ4n) is 1.65. The maximum Gasteiger partial charge on any atom is 0.271 e. The highest BCUT2D eigenvalue weighted by molar-refractivity contribution is 7.92. The van der Waals surface area contributed by atoms with Crippen molar-refractivity contribution in [3.63, 3.8) is 0 Å². The van der Waals surface area contributed by atoms with Gasteiger partial charge in [0.05, 0.1) is 17.8 Å². The smallest absolute Gasteiger partial charge is 0.271 e. The van der Waals surface area contributed by atoms with Crippen LogP contribution in [0.5, 0.6) is 5.75 Å². The molecule has 0 aromatic heterocycles. The van der Waals surface area contributed by atoms with E-state index in [0.717, 1.165) is 10.4 Å². The number of ether oxygens (including phenoxy) is 1. The van der Waals surface area contributed by atoms with Crippen LogP contribution in [0, 0.1) is 10.1 Å². The topological polar surface area (TPSA) is 145 Å². The van der Waals surface area contributed by atoms with Crippen LogP contribution in [0.1, 0.15) is 6.92 Å². The zero-order valence-electron chi connectivity index (χ0n) is 12.0. The van der Waals surface area contributed by atoms with E-state index in [0.29, 0.717) is 0 Å². The van der Waals surface area contributed by atoms with Crippen molar-refractivity contribution in [1.82, 2.24) is 5.43 Å². The minimum Gasteiger partial charge on any atom is -0.495 e. The first-order valence-electron chi connectivity index (χ1n) is 6.09. The van der Waals surface area contributed by atoms with Crippen molar-refractivity contribution in [2.24, 2.45) is 5.84 Å². The summed E-state index contributed by atoms with van der Waals surface area (Å²) in [5.41, 5.74) is 1.37. The number of sulfonamides is 1. The zero-order valence-corrected chi connectivity index (χ0v) is 12.8. The largest absolute Gasteiger partial charge is 0.495 e. The fraction of sp³-hybridized carbons (Fsp3) is 0.364. The number of nitrogens with zero attached hydrogens (tertiary/aromatic N) is 2. The van der Waals surface area contributed by atoms with Crippen LogP contribution >= 0.6 is 0 Å². The molecule has 11 heteroatoms. The summed E-state index contributed by atoms with van der Waals surface area (Å²) in [5, 5.41) is 10.9. The normalized spacial score (nSPS) is 10.9. The van der Waals surface area contributed by atoms with E-state index in [4.69, 9.17) is 10.6 Å². The van der Waals surface area contributed by atoms with E-state index in [2.05, 4.69) is 0 Å². The molecule has 1 aromatic carbocycles. The number of methoxy groups -OCH3 is 1. The minimum atomic E-state index is -3.88. The number of nitrogens with two attached hydrogens (primary N) is 1. The molecule has 0 saturated carbocycles. The second-order valence-corrected chi connectivity index (χ2v) is 6.27. The van der Waals surface area contributed by atoms with E-state index in [9.17, 15) is 23.3 Å². The molecular formula is C11H16N4O6S. The number of nitro groups is 1. The molecule has 0 bridgehead atoms. The van der Waals surface area contributed by atoms with Gasteiger partial charge in [-0.05, 0) is 13.0 Å². The van der Waals surface area contributed by atoms with Gasteiger partial charge in [-0.2, -0.15) is 0 Å². The summed E-state index contributed by atoms with van der Waals surface area (Å²) in [4.78, 5) is 21.7. The molecule has 0 spiro atoms. The molecule has 0 saturated heterocycles. The van der Waals surface area contributed by atoms with Crippen molar-refractivity contribution in [3.8, 4) is 5.75 Å². The minimum absolute atomic E-state index is 0.0763. The summed E-state index contributed by atoms with van der Waals surface area (Å²) in [6.07, 6.45) is 0. The van der Waals surface area contributed by atoms with Gasteiger partial charge in [0, 0.05) is 12.1 Å². The molecule has 0 aliphatic rings. The SMILES string of the molecule is CCS(=O)(=O)N(CC(=O)NN)c1cc([N+](=O)[O-])ccc1OC. The lowest BCUT2D eigenvalue weighted by Crippen LogP contribution is -2.43. The lowest BCUT2D eigenvalue weighted by molar-refractivity contribution is -0.384. The predicted octanol–water partition coefficient (Wildman–Crippen LogP) is -0.251. The van der Waals surface area contributed by atoms with Crippen molar-refractivity contribution in [3.05, 3.63) is 28.3 Å². The molecule has 0 radical (unpaired) electrons. The van der Waals surface area contributed by atoms with Crippen LogP contribution in [0.4, 0.5) is 11.4 Å². The molecule has 1 rings (SSSR count). The second kappa shape index (κ2) is 7.04. The lowest BCUT2D eigenvalue weighted by atomic mass is 10.2. The van der Waals surface area contributed by atoms with Gasteiger partial charge < -0.3 is 4.74 Å². The van der Waals surface area contributed by atoms with Gasteiger partial charge in [-0.3, -0.25) is 24.6 Å². The van der Waals surface area contributed by atoms with Gasteiger partial charge in [0.25, 0.3) is 11.6 Å². The Bertz CT molecular complexity index is 675. The van der Waals surface area contributed by atoms with Gasteiger partial charge in [-0.25, -0.2) is 14.3 Å². The van der Waals surface area contributed by atoms with E-state index in [1.165, 1.54) is 26.2 Å². The Labute approximate surface area is 127 Å². The van der Waals surface area contributed by atoms with Crippen molar-refractivity contribution in [1.29, 1.82) is 0 Å². The van der Waals surface area contributed by atoms with Gasteiger partial charge in [0.1, 0.15) is 18.0 Å². The highest BCUT2D eigenvalue weighted by Gasteiger charge is 2.27. The number of nitrogens with one attached hydrogen (secondary N) is 1. The van der Waals surface area contributed by atoms with Crippen LogP contribution in [0.3, 0.4) is 0 Å². The third-order valence-electron chi connectivity index (χ3n) is 2.79. The number of carbonyl (C=O) groups excluding carboxylic acids is 1. The standard InChI is InChI=1S/C11H16N4O6S/c1-3-22(19,20)14(7-11(16)13-12)9-6-8(15(17)18)4-5-10(9)21-2/h4-6H,3,7,12H2,1-2H3,(H,13,16). The predicted molar refractivity (Wildman–Crippen MR) is 78.8 cm³/mol. The Balaban J connectivity index is 3.49. The fourth-order valence-corrected chi connectivity index (χ4v) is 2.72. The zero-order chi connectivity index (χ0) is 16.9. The van der Waals surface area contributed by atoms with E-state index in [1.54, 1.807) is 0 Å². The van der Waals surface area contributed by atoms with E-state index >= 15 is 0 Å². The molecule has 3 N–H and O–H groups in total. The third-order valence-corrected chi connectivity index (χ3v) is 4.52. The van der Waals surface area contributed by atoms with Gasteiger partial charge in [-0.15, -0.1) is 0 Å². The molecule has 0 aliphatic carbocycles. The Morgan fingerprint density at radius 3 is 2.59 bits per heavy atom. The van der Waals surface area contributed by atoms with Crippen LogP contribution in [0.15, 0.2) is 18.2 Å². The third kappa shape index (κ3) is 3.83. The van der Waals surface area contributed by atoms with E-state index < -0.39 is 27.4 Å². The van der Waals surface area contributed by atoms with Crippen LogP contribution in [0.2, 0.25) is 0 Å². The molecule has 0 heterocycles. The van der Waals surface area contributed by atoms with Crippen LogP contribution in [-0.4, -0.2) is 38.7 Å². The molecule has 22 heavy (non-hydrogen) atoms. The van der Waals surface area contributed by atoms with E-state index in [1.807, 2.05) is 5.43 Å². The maximum atomic E-state index is 12.2. The number of nitro benzene ring substituents is 1. The molecule has 0 atom stereocenters. The van der Waals surface area contributed by atoms with Gasteiger partial charge in [0.15, 0.2) is 0 Å². The Hall–Kier alpha value is -2.40. The first-order chi connectivity index (χ1) is 10.3. The number of amides is 1. The molecule has 0 aliphatic heterocycles. The molecule has 1 aromatic rings. The molecule has 0 unspecified atom stereocenters. The van der Waals surface area contributed by atoms with Crippen molar-refractivity contribution in [2.45, 2.75) is 6.92 Å². The summed E-state index contributed by atoms with van der Waals surface area (Å²) < 4.78 is 30.1. The first-order valence-corrected chi connectivity index (χ1v) is 7.70. The van der Waals surface area contributed by atoms with Gasteiger partial charge >= 0.3 is 0 Å². The monoisotopic (exact) mass is 332 g/mol. The highest BCUT2D eigenvalue weighted by atomic mass is 32.2. The van der Waals surface area contributed by atoms with Gasteiger partial charge in [-0.1, -0.05) is 0 Å². The van der Waals surface area contributed by atoms with Crippen molar-refractivity contribution in [2.75, 3.05) is 23.7 Å². The van der Waals surface area contributed by atoms with Crippen LogP contribution in [-0.2, 0) is 14.8 Å². The van der Waals surface area contributed by atoms with Crippen molar-refractivity contribution >= 4 is 27.3 Å². The Kier molecular flexibility index (Phi) is 5.65. The number of hydrazine groups is 1. The van der Waals surface area contributed by atoms with Gasteiger partial charge in [0.2, 0.25) is 10.0 Å². The Morgan fingerprint density at radius 1 is 1.50 bits per heavy atom. The summed E-state index contributed by atoms with van der Waals surface area (Å²) in [7, 11) is -2.60. The average Bonchev–Trinajstić information content (AvgIpc) is 2.51. The molecule has 10 nitrogen and oxygen atoms in total. The van der Waals surface area contributed by atoms with E-state index in [-0.39, 0.29) is 22.9 Å². The number of anilines is 1. The number of rotatable bonds is 7. The summed E-state index contributed by atoms with van der Waals surface area (Å²) >= 11 is 0. The summed E-state index contributed by atoms with van der Waals surface area (Å²) in [5.74, 6) is 3.97. The molecule has 0 fully saturated rings. The van der Waals surface area contributed by atoms with Crippen LogP contribution in [0.25, 0.3) is 0 Å². The quantitative estimate of drug-likeness (QED) is 0.303. The number of hydrogen-bond donors (Lipinski definition) is 2. The average molecular weight is 332 g/mol. The molecule has 1 amide bonds. The second-order valence-electron chi connectivity index (χ2n) is 4.09. The highest BCUT2D eigenvalue weighted by Crippen LogP contribution is 2.33. The summed E-state index contributed by atoms with van der Waals surface area (Å²) in [6, 6.07) is 3.45. The first kappa shape index (κ1) is 17.7. The maximum absolute atomic E-state index is 12.2. The number of benzene rings is 1. The lowest BCUT2D eigenvalue weighted by Gasteiger charge is -2.24. The summed E-state index contributed by atoms with van der Waals surface area (Å²) in [6.45, 7) is 0.761. The molecule has 122 valence electrons. The number of hydrogen-bond acceptors (Lipinski definition) is 7. The molecular weight excluding hydrogens is 316 g/mol. The van der Waals surface area contributed by atoms with Crippen molar-refractivity contribution < 1.29 is 22.9 Å². The Morgan fingerprint density at radius 2 is 2.14 bits per heavy atom. The van der Waals surface area contributed by atoms with Crippen LogP contribution < -0.4 is 20.3 Å². The number of non-ortho nitro benzene ring substituents is 1. The number of carbonyl (C=O) groups is 1.